The van der Waals surface area contributed by atoms with E-state index in [0.717, 1.165) is 34.6 Å². The number of imide groups is 1. The number of rotatable bonds is 4. The molecule has 4 rings (SSSR count). The summed E-state index contributed by atoms with van der Waals surface area (Å²) in [5, 5.41) is 9.12. The van der Waals surface area contributed by atoms with Gasteiger partial charge in [0.25, 0.3) is 17.5 Å². The third kappa shape index (κ3) is 3.90. The third-order valence-electron chi connectivity index (χ3n) is 6.15. The van der Waals surface area contributed by atoms with E-state index >= 15 is 0 Å². The summed E-state index contributed by atoms with van der Waals surface area (Å²) in [6.45, 7) is 9.09. The molecular weight excluding hydrogens is 430 g/mol. The number of aromatic carboxylic acids is 1. The zero-order valence-corrected chi connectivity index (χ0v) is 19.1. The van der Waals surface area contributed by atoms with Crippen molar-refractivity contribution in [2.75, 3.05) is 23.9 Å². The number of carboxylic acids is 1. The predicted octanol–water partition coefficient (Wildman–Crippen LogP) is 4.47. The maximum atomic E-state index is 13.3. The number of anilines is 2. The number of hydrogen-bond acceptors (Lipinski definition) is 4. The maximum absolute atomic E-state index is 13.3. The van der Waals surface area contributed by atoms with Crippen molar-refractivity contribution in [3.63, 3.8) is 0 Å². The number of aryl methyl sites for hydroxylation is 1. The van der Waals surface area contributed by atoms with E-state index in [1.165, 1.54) is 29.8 Å². The summed E-state index contributed by atoms with van der Waals surface area (Å²) < 4.78 is 0. The van der Waals surface area contributed by atoms with E-state index in [0.29, 0.717) is 5.57 Å². The Balaban J connectivity index is 1.74. The highest BCUT2D eigenvalue weighted by Crippen LogP contribution is 2.36. The number of carbonyl (C=O) groups is 3. The Hall–Kier alpha value is -4.44. The summed E-state index contributed by atoms with van der Waals surface area (Å²) in [6, 6.07) is 11.7. The Kier molecular flexibility index (Phi) is 5.91. The summed E-state index contributed by atoms with van der Waals surface area (Å²) in [5.41, 5.74) is 5.32. The Morgan fingerprint density at radius 2 is 1.76 bits per heavy atom. The second kappa shape index (κ2) is 8.83. The van der Waals surface area contributed by atoms with Gasteiger partial charge in [0, 0.05) is 25.4 Å². The largest absolute Gasteiger partial charge is 0.478 e. The van der Waals surface area contributed by atoms with E-state index in [4.69, 9.17) is 11.7 Å². The van der Waals surface area contributed by atoms with Gasteiger partial charge in [-0.05, 0) is 78.4 Å². The lowest BCUT2D eigenvalue weighted by molar-refractivity contribution is -0.123. The van der Waals surface area contributed by atoms with E-state index in [1.54, 1.807) is 13.0 Å². The molecule has 0 atom stereocenters. The van der Waals surface area contributed by atoms with Crippen molar-refractivity contribution in [3.8, 4) is 0 Å². The van der Waals surface area contributed by atoms with Crippen molar-refractivity contribution in [2.45, 2.75) is 19.8 Å². The third-order valence-corrected chi connectivity index (χ3v) is 6.15. The average Bonchev–Trinajstić information content (AvgIpc) is 3.22. The summed E-state index contributed by atoms with van der Waals surface area (Å²) >= 11 is 0. The lowest BCUT2D eigenvalue weighted by Crippen LogP contribution is -2.42. The highest BCUT2D eigenvalue weighted by molar-refractivity contribution is 6.30. The molecule has 1 N–H and O–H groups in total. The van der Waals surface area contributed by atoms with Crippen LogP contribution in [-0.2, 0) is 16.0 Å². The van der Waals surface area contributed by atoms with Gasteiger partial charge in [-0.25, -0.2) is 9.64 Å². The van der Waals surface area contributed by atoms with Crippen LogP contribution in [0.25, 0.3) is 10.4 Å². The fraction of sp³-hybridized carbons (Fsp3) is 0.185. The van der Waals surface area contributed by atoms with Crippen molar-refractivity contribution in [1.82, 2.24) is 0 Å². The zero-order chi connectivity index (χ0) is 24.6. The van der Waals surface area contributed by atoms with Crippen LogP contribution in [0.4, 0.5) is 11.4 Å². The molecule has 0 saturated carbocycles. The number of fused-ring (bicyclic) bond motifs is 1. The second-order valence-corrected chi connectivity index (χ2v) is 8.39. The van der Waals surface area contributed by atoms with E-state index in [9.17, 15) is 14.4 Å². The second-order valence-electron chi connectivity index (χ2n) is 8.39. The molecule has 2 aromatic carbocycles. The lowest BCUT2D eigenvalue weighted by atomic mass is 9.96. The molecule has 0 saturated heterocycles. The minimum atomic E-state index is -1.11. The lowest BCUT2D eigenvalue weighted by Gasteiger charge is -2.27. The number of carbonyl (C=O) groups excluding carboxylic acids is 2. The van der Waals surface area contributed by atoms with Crippen LogP contribution in [0.3, 0.4) is 0 Å². The number of carboxylic acid groups (broad SMARTS) is 1. The predicted molar refractivity (Wildman–Crippen MR) is 130 cm³/mol. The molecular formula is C27H23N3O4. The van der Waals surface area contributed by atoms with Crippen LogP contribution in [0.5, 0.6) is 0 Å². The van der Waals surface area contributed by atoms with E-state index < -0.39 is 17.8 Å². The first-order chi connectivity index (χ1) is 16.2. The van der Waals surface area contributed by atoms with Crippen LogP contribution < -0.4 is 9.80 Å². The first-order valence-electron chi connectivity index (χ1n) is 10.7. The Bertz CT molecular complexity index is 1360. The van der Waals surface area contributed by atoms with Gasteiger partial charge in [0.2, 0.25) is 0 Å². The molecule has 1 heterocycles. The quantitative estimate of drug-likeness (QED) is 0.420. The van der Waals surface area contributed by atoms with Crippen molar-refractivity contribution in [1.29, 1.82) is 0 Å². The minimum absolute atomic E-state index is 0.0376. The van der Waals surface area contributed by atoms with Gasteiger partial charge in [0.1, 0.15) is 0 Å². The molecule has 7 nitrogen and oxygen atoms in total. The van der Waals surface area contributed by atoms with Crippen molar-refractivity contribution >= 4 is 34.7 Å². The first-order valence-corrected chi connectivity index (χ1v) is 10.7. The number of allylic oxidation sites excluding steroid dienone is 3. The maximum Gasteiger partial charge on any atom is 0.335 e. The molecule has 34 heavy (non-hydrogen) atoms. The molecule has 2 amide bonds. The van der Waals surface area contributed by atoms with Gasteiger partial charge in [0.05, 0.1) is 17.8 Å². The Labute approximate surface area is 197 Å². The van der Waals surface area contributed by atoms with E-state index in [1.807, 2.05) is 20.2 Å². The summed E-state index contributed by atoms with van der Waals surface area (Å²) in [7, 11) is 4.00. The molecule has 0 radical (unpaired) electrons. The standard InChI is InChI=1S/C27H23N3O4/c1-16-22(13-9-17-5-6-19-15-21(29(3)4)12-14-23(17)19)25(31)30(26(32)24(16)28-2)20-10-7-18(8-11-20)27(33)34/h7-15H,5-6H2,1,3-4H3,(H,33,34)/b17-9?,22-13-. The van der Waals surface area contributed by atoms with Crippen LogP contribution in [0.15, 0.2) is 71.5 Å². The molecule has 2 aliphatic rings. The van der Waals surface area contributed by atoms with Crippen LogP contribution >= 0.6 is 0 Å². The fourth-order valence-electron chi connectivity index (χ4n) is 4.22. The summed E-state index contributed by atoms with van der Waals surface area (Å²) in [4.78, 5) is 43.8. The SMILES string of the molecule is [C-]#[N+]C1=C(C)/C(=C/C=C2CCc3cc(N(C)C)ccc32)C(=O)N(c2ccc(C(=O)O)cc2)C1=O. The normalized spacial score (nSPS) is 17.9. The van der Waals surface area contributed by atoms with Gasteiger partial charge >= 0.3 is 5.97 Å². The molecule has 7 heteroatoms. The van der Waals surface area contributed by atoms with Crippen LogP contribution in [0, 0.1) is 6.57 Å². The van der Waals surface area contributed by atoms with E-state index in [-0.39, 0.29) is 22.5 Å². The topological polar surface area (TPSA) is 82.3 Å². The van der Waals surface area contributed by atoms with Gasteiger partial charge < -0.3 is 10.0 Å². The molecule has 0 unspecified atom stereocenters. The number of amides is 2. The average molecular weight is 453 g/mol. The van der Waals surface area contributed by atoms with Crippen molar-refractivity contribution < 1.29 is 19.5 Å². The monoisotopic (exact) mass is 453 g/mol. The Morgan fingerprint density at radius 3 is 2.38 bits per heavy atom. The minimum Gasteiger partial charge on any atom is -0.478 e. The molecule has 2 aromatic rings. The van der Waals surface area contributed by atoms with Crippen molar-refractivity contribution in [2.24, 2.45) is 0 Å². The number of nitrogens with zero attached hydrogens (tertiary/aromatic N) is 3. The number of hydrogen-bond donors (Lipinski definition) is 1. The van der Waals surface area contributed by atoms with Crippen molar-refractivity contribution in [3.05, 3.63) is 99.6 Å². The van der Waals surface area contributed by atoms with Gasteiger partial charge in [-0.15, -0.1) is 0 Å². The summed E-state index contributed by atoms with van der Waals surface area (Å²) in [6.07, 6.45) is 5.31. The highest BCUT2D eigenvalue weighted by Gasteiger charge is 2.36. The van der Waals surface area contributed by atoms with Gasteiger partial charge in [-0.1, -0.05) is 18.2 Å². The zero-order valence-electron chi connectivity index (χ0n) is 19.1. The first kappa shape index (κ1) is 22.7. The smallest absolute Gasteiger partial charge is 0.335 e. The van der Waals surface area contributed by atoms with Gasteiger partial charge in [-0.2, -0.15) is 0 Å². The molecule has 0 aromatic heterocycles. The van der Waals surface area contributed by atoms with E-state index in [2.05, 4.69) is 27.9 Å². The molecule has 0 spiro atoms. The molecule has 1 aliphatic carbocycles. The number of benzene rings is 2. The fourth-order valence-corrected chi connectivity index (χ4v) is 4.22. The molecule has 1 aliphatic heterocycles. The van der Waals surface area contributed by atoms with Gasteiger partial charge in [0.15, 0.2) is 0 Å². The highest BCUT2D eigenvalue weighted by atomic mass is 16.4. The molecule has 0 fully saturated rings. The van der Waals surface area contributed by atoms with Crippen LogP contribution in [-0.4, -0.2) is 37.0 Å². The Morgan fingerprint density at radius 1 is 1.06 bits per heavy atom. The molecule has 170 valence electrons. The molecule has 0 bridgehead atoms. The van der Waals surface area contributed by atoms with Crippen LogP contribution in [0.1, 0.15) is 34.8 Å². The van der Waals surface area contributed by atoms with Crippen LogP contribution in [0.2, 0.25) is 0 Å². The summed E-state index contributed by atoms with van der Waals surface area (Å²) in [5.74, 6) is -2.37. The van der Waals surface area contributed by atoms with Gasteiger partial charge in [-0.3, -0.25) is 14.5 Å².